The van der Waals surface area contributed by atoms with Gasteiger partial charge in [0, 0.05) is 6.54 Å². The average molecular weight is 341 g/mol. The number of aromatic nitrogens is 2. The number of para-hydroxylation sites is 1. The smallest absolute Gasteiger partial charge is 0.268 e. The standard InChI is InChI=1S/C17H15N3O3S/c1-2-9-18-15(21)11-22-13-7-4-3-6-12(13)16-19-17(23-20-16)14-8-5-10-24-14/h2-8,10H,1,9,11H2,(H,18,21). The maximum Gasteiger partial charge on any atom is 0.268 e. The Morgan fingerprint density at radius 1 is 1.33 bits per heavy atom. The number of benzene rings is 1. The van der Waals surface area contributed by atoms with Crippen LogP contribution in [0.4, 0.5) is 0 Å². The number of rotatable bonds is 7. The van der Waals surface area contributed by atoms with Crippen molar-refractivity contribution in [2.45, 2.75) is 0 Å². The quantitative estimate of drug-likeness (QED) is 0.668. The first-order valence-electron chi connectivity index (χ1n) is 7.25. The molecule has 0 aliphatic rings. The minimum absolute atomic E-state index is 0.0967. The van der Waals surface area contributed by atoms with Gasteiger partial charge in [-0.2, -0.15) is 4.98 Å². The van der Waals surface area contributed by atoms with Crippen LogP contribution in [0.1, 0.15) is 0 Å². The van der Waals surface area contributed by atoms with Crippen molar-refractivity contribution in [1.82, 2.24) is 15.5 Å². The zero-order chi connectivity index (χ0) is 16.8. The summed E-state index contributed by atoms with van der Waals surface area (Å²) in [5.41, 5.74) is 0.667. The van der Waals surface area contributed by atoms with Gasteiger partial charge < -0.3 is 14.6 Å². The van der Waals surface area contributed by atoms with Gasteiger partial charge in [-0.15, -0.1) is 17.9 Å². The summed E-state index contributed by atoms with van der Waals surface area (Å²) in [6, 6.07) is 11.1. The highest BCUT2D eigenvalue weighted by atomic mass is 32.1. The molecule has 3 rings (SSSR count). The number of carbonyl (C=O) groups is 1. The summed E-state index contributed by atoms with van der Waals surface area (Å²) in [6.07, 6.45) is 1.61. The van der Waals surface area contributed by atoms with E-state index in [1.54, 1.807) is 12.1 Å². The lowest BCUT2D eigenvalue weighted by Gasteiger charge is -2.08. The molecule has 0 saturated carbocycles. The van der Waals surface area contributed by atoms with Crippen LogP contribution in [-0.4, -0.2) is 29.2 Å². The van der Waals surface area contributed by atoms with Crippen LogP contribution in [0.2, 0.25) is 0 Å². The first kappa shape index (κ1) is 15.9. The average Bonchev–Trinajstić information content (AvgIpc) is 3.29. The van der Waals surface area contributed by atoms with Gasteiger partial charge in [0.05, 0.1) is 10.4 Å². The normalized spacial score (nSPS) is 10.3. The van der Waals surface area contributed by atoms with E-state index in [-0.39, 0.29) is 12.5 Å². The molecule has 0 bridgehead atoms. The molecule has 0 radical (unpaired) electrons. The summed E-state index contributed by atoms with van der Waals surface area (Å²) in [7, 11) is 0. The third kappa shape index (κ3) is 3.69. The summed E-state index contributed by atoms with van der Waals surface area (Å²) in [4.78, 5) is 16.9. The molecule has 1 aromatic carbocycles. The highest BCUT2D eigenvalue weighted by molar-refractivity contribution is 7.13. The van der Waals surface area contributed by atoms with Gasteiger partial charge in [-0.25, -0.2) is 0 Å². The van der Waals surface area contributed by atoms with Crippen LogP contribution < -0.4 is 10.1 Å². The molecule has 0 aliphatic heterocycles. The molecule has 0 fully saturated rings. The van der Waals surface area contributed by atoms with Gasteiger partial charge in [0.15, 0.2) is 6.61 Å². The van der Waals surface area contributed by atoms with Crippen molar-refractivity contribution in [3.8, 4) is 27.9 Å². The Morgan fingerprint density at radius 3 is 3.00 bits per heavy atom. The third-order valence-electron chi connectivity index (χ3n) is 3.09. The van der Waals surface area contributed by atoms with Crippen molar-refractivity contribution in [3.63, 3.8) is 0 Å². The third-order valence-corrected chi connectivity index (χ3v) is 3.95. The Morgan fingerprint density at radius 2 is 2.21 bits per heavy atom. The summed E-state index contributed by atoms with van der Waals surface area (Å²) < 4.78 is 10.9. The van der Waals surface area contributed by atoms with Gasteiger partial charge in [0.2, 0.25) is 5.82 Å². The second kappa shape index (κ2) is 7.56. The topological polar surface area (TPSA) is 77.2 Å². The Kier molecular flexibility index (Phi) is 5.02. The monoisotopic (exact) mass is 341 g/mol. The molecule has 0 saturated heterocycles. The van der Waals surface area contributed by atoms with Crippen LogP contribution in [0.15, 0.2) is 59.0 Å². The number of hydrogen-bond donors (Lipinski definition) is 1. The molecule has 0 atom stereocenters. The van der Waals surface area contributed by atoms with Crippen molar-refractivity contribution in [2.75, 3.05) is 13.2 Å². The minimum atomic E-state index is -0.225. The van der Waals surface area contributed by atoms with E-state index < -0.39 is 0 Å². The van der Waals surface area contributed by atoms with Crippen molar-refractivity contribution < 1.29 is 14.1 Å². The number of hydrogen-bond acceptors (Lipinski definition) is 6. The van der Waals surface area contributed by atoms with E-state index in [1.165, 1.54) is 11.3 Å². The van der Waals surface area contributed by atoms with Crippen molar-refractivity contribution in [3.05, 3.63) is 54.4 Å². The van der Waals surface area contributed by atoms with Crippen molar-refractivity contribution in [2.24, 2.45) is 0 Å². The van der Waals surface area contributed by atoms with Crippen LogP contribution in [0.25, 0.3) is 22.2 Å². The SMILES string of the molecule is C=CCNC(=O)COc1ccccc1-c1noc(-c2cccs2)n1. The lowest BCUT2D eigenvalue weighted by molar-refractivity contribution is -0.122. The van der Waals surface area contributed by atoms with Crippen LogP contribution >= 0.6 is 11.3 Å². The maximum absolute atomic E-state index is 11.7. The zero-order valence-electron chi connectivity index (χ0n) is 12.8. The van der Waals surface area contributed by atoms with Gasteiger partial charge in [-0.3, -0.25) is 4.79 Å². The molecule has 0 aliphatic carbocycles. The number of nitrogens with zero attached hydrogens (tertiary/aromatic N) is 2. The molecule has 1 N–H and O–H groups in total. The Hall–Kier alpha value is -2.93. The number of nitrogens with one attached hydrogen (secondary N) is 1. The fourth-order valence-electron chi connectivity index (χ4n) is 1.99. The second-order valence-electron chi connectivity index (χ2n) is 4.78. The largest absolute Gasteiger partial charge is 0.483 e. The molecule has 0 unspecified atom stereocenters. The van der Waals surface area contributed by atoms with Crippen LogP contribution in [0.5, 0.6) is 5.75 Å². The van der Waals surface area contributed by atoms with E-state index in [0.29, 0.717) is 29.6 Å². The molecule has 2 heterocycles. The lowest BCUT2D eigenvalue weighted by Crippen LogP contribution is -2.28. The van der Waals surface area contributed by atoms with Gasteiger partial charge in [0.1, 0.15) is 5.75 Å². The Bertz CT molecular complexity index is 827. The fraction of sp³-hybridized carbons (Fsp3) is 0.118. The molecule has 3 aromatic rings. The summed E-state index contributed by atoms with van der Waals surface area (Å²) in [5, 5.41) is 8.60. The van der Waals surface area contributed by atoms with E-state index in [9.17, 15) is 4.79 Å². The number of amides is 1. The molecule has 24 heavy (non-hydrogen) atoms. The predicted molar refractivity (Wildman–Crippen MR) is 91.7 cm³/mol. The first-order valence-corrected chi connectivity index (χ1v) is 8.13. The Balaban J connectivity index is 1.77. The van der Waals surface area contributed by atoms with Gasteiger partial charge in [0.25, 0.3) is 11.8 Å². The highest BCUT2D eigenvalue weighted by Crippen LogP contribution is 2.30. The van der Waals surface area contributed by atoms with E-state index in [1.807, 2.05) is 35.7 Å². The van der Waals surface area contributed by atoms with E-state index in [2.05, 4.69) is 22.0 Å². The molecule has 1 amide bonds. The van der Waals surface area contributed by atoms with E-state index >= 15 is 0 Å². The molecule has 122 valence electrons. The highest BCUT2D eigenvalue weighted by Gasteiger charge is 2.15. The molecular weight excluding hydrogens is 326 g/mol. The first-order chi connectivity index (χ1) is 11.8. The Labute approximate surface area is 142 Å². The fourth-order valence-corrected chi connectivity index (χ4v) is 2.64. The lowest BCUT2D eigenvalue weighted by atomic mass is 10.2. The van der Waals surface area contributed by atoms with Crippen molar-refractivity contribution >= 4 is 17.2 Å². The molecule has 2 aromatic heterocycles. The van der Waals surface area contributed by atoms with Crippen LogP contribution in [0.3, 0.4) is 0 Å². The molecule has 7 heteroatoms. The van der Waals surface area contributed by atoms with E-state index in [4.69, 9.17) is 9.26 Å². The van der Waals surface area contributed by atoms with Gasteiger partial charge in [-0.1, -0.05) is 29.4 Å². The molecular formula is C17H15N3O3S. The van der Waals surface area contributed by atoms with Crippen LogP contribution in [0, 0.1) is 0 Å². The minimum Gasteiger partial charge on any atom is -0.483 e. The van der Waals surface area contributed by atoms with E-state index in [0.717, 1.165) is 4.88 Å². The summed E-state index contributed by atoms with van der Waals surface area (Å²) in [5.74, 6) is 1.17. The molecule has 0 spiro atoms. The van der Waals surface area contributed by atoms with Gasteiger partial charge in [-0.05, 0) is 23.6 Å². The molecule has 6 nitrogen and oxygen atoms in total. The second-order valence-corrected chi connectivity index (χ2v) is 5.73. The van der Waals surface area contributed by atoms with Crippen molar-refractivity contribution in [1.29, 1.82) is 0 Å². The summed E-state index contributed by atoms with van der Waals surface area (Å²) in [6.45, 7) is 3.85. The zero-order valence-corrected chi connectivity index (χ0v) is 13.6. The van der Waals surface area contributed by atoms with Crippen LogP contribution in [-0.2, 0) is 4.79 Å². The number of ether oxygens (including phenoxy) is 1. The maximum atomic E-state index is 11.7. The number of thiophene rings is 1. The van der Waals surface area contributed by atoms with Gasteiger partial charge >= 0.3 is 0 Å². The summed E-state index contributed by atoms with van der Waals surface area (Å²) >= 11 is 1.52. The number of carbonyl (C=O) groups excluding carboxylic acids is 1. The predicted octanol–water partition coefficient (Wildman–Crippen LogP) is 3.15.